The first-order valence-corrected chi connectivity index (χ1v) is 6.20. The summed E-state index contributed by atoms with van der Waals surface area (Å²) in [6.45, 7) is 4.22. The zero-order valence-electron chi connectivity index (χ0n) is 9.73. The molecule has 0 aromatic carbocycles. The van der Waals surface area contributed by atoms with Crippen LogP contribution in [0.1, 0.15) is 27.4 Å². The van der Waals surface area contributed by atoms with Gasteiger partial charge in [0.25, 0.3) is 5.91 Å². The first-order chi connectivity index (χ1) is 8.15. The van der Waals surface area contributed by atoms with Gasteiger partial charge in [0.2, 0.25) is 0 Å². The molecule has 0 fully saturated rings. The van der Waals surface area contributed by atoms with E-state index in [9.17, 15) is 4.79 Å². The Morgan fingerprint density at radius 3 is 2.65 bits per heavy atom. The number of pyridine rings is 1. The van der Waals surface area contributed by atoms with Crippen LogP contribution < -0.4 is 5.32 Å². The average molecular weight is 247 g/mol. The minimum Gasteiger partial charge on any atom is -0.346 e. The van der Waals surface area contributed by atoms with Crippen molar-refractivity contribution in [2.24, 2.45) is 0 Å². The Labute approximate surface area is 104 Å². The molecule has 2 heterocycles. The molecule has 2 aromatic heterocycles. The molecule has 2 rings (SSSR count). The zero-order chi connectivity index (χ0) is 12.3. The maximum absolute atomic E-state index is 11.9. The summed E-state index contributed by atoms with van der Waals surface area (Å²) < 4.78 is 0. The van der Waals surface area contributed by atoms with Crippen LogP contribution in [-0.2, 0) is 6.54 Å². The first-order valence-electron chi connectivity index (χ1n) is 5.26. The molecule has 0 atom stereocenters. The summed E-state index contributed by atoms with van der Waals surface area (Å²) in [6, 6.07) is 3.56. The number of carbonyl (C=O) groups is 1. The van der Waals surface area contributed by atoms with Crippen molar-refractivity contribution in [2.75, 3.05) is 0 Å². The molecule has 0 saturated carbocycles. The highest BCUT2D eigenvalue weighted by Gasteiger charge is 2.07. The van der Waals surface area contributed by atoms with Gasteiger partial charge in [-0.25, -0.2) is 4.98 Å². The fraction of sp³-hybridized carbons (Fsp3) is 0.250. The Morgan fingerprint density at radius 2 is 2.06 bits per heavy atom. The van der Waals surface area contributed by atoms with E-state index in [-0.39, 0.29) is 5.91 Å². The van der Waals surface area contributed by atoms with Gasteiger partial charge in [0.05, 0.1) is 17.7 Å². The van der Waals surface area contributed by atoms with Gasteiger partial charge < -0.3 is 5.32 Å². The van der Waals surface area contributed by atoms with Crippen molar-refractivity contribution >= 4 is 17.2 Å². The molecule has 0 spiro atoms. The van der Waals surface area contributed by atoms with Crippen LogP contribution in [-0.4, -0.2) is 15.9 Å². The van der Waals surface area contributed by atoms with Crippen molar-refractivity contribution in [3.8, 4) is 0 Å². The molecule has 0 bridgehead atoms. The van der Waals surface area contributed by atoms with Gasteiger partial charge in [0.1, 0.15) is 0 Å². The molecule has 0 saturated heterocycles. The lowest BCUT2D eigenvalue weighted by molar-refractivity contribution is 0.0950. The van der Waals surface area contributed by atoms with Gasteiger partial charge in [0.15, 0.2) is 0 Å². The molecular weight excluding hydrogens is 234 g/mol. The second-order valence-electron chi connectivity index (χ2n) is 3.80. The Morgan fingerprint density at radius 1 is 1.35 bits per heavy atom. The number of amides is 1. The van der Waals surface area contributed by atoms with Crippen LogP contribution in [0.25, 0.3) is 0 Å². The second-order valence-corrected chi connectivity index (χ2v) is 4.52. The van der Waals surface area contributed by atoms with Crippen LogP contribution in [0.2, 0.25) is 0 Å². The number of thiazole rings is 1. The molecule has 0 aliphatic heterocycles. The maximum Gasteiger partial charge on any atom is 0.251 e. The summed E-state index contributed by atoms with van der Waals surface area (Å²) in [5, 5.41) is 4.75. The topological polar surface area (TPSA) is 54.9 Å². The lowest BCUT2D eigenvalue weighted by Gasteiger charge is -2.05. The lowest BCUT2D eigenvalue weighted by atomic mass is 10.2. The van der Waals surface area contributed by atoms with Crippen molar-refractivity contribution in [1.29, 1.82) is 0 Å². The highest BCUT2D eigenvalue weighted by Crippen LogP contribution is 2.06. The quantitative estimate of drug-likeness (QED) is 0.903. The maximum atomic E-state index is 11.9. The molecular formula is C12H13N3OS. The summed E-state index contributed by atoms with van der Waals surface area (Å²) in [5.74, 6) is -0.0911. The molecule has 17 heavy (non-hydrogen) atoms. The van der Waals surface area contributed by atoms with Crippen molar-refractivity contribution in [3.05, 3.63) is 45.7 Å². The van der Waals surface area contributed by atoms with Crippen molar-refractivity contribution in [1.82, 2.24) is 15.3 Å². The summed E-state index contributed by atoms with van der Waals surface area (Å²) in [6.07, 6.45) is 0. The van der Waals surface area contributed by atoms with Crippen molar-refractivity contribution in [3.63, 3.8) is 0 Å². The first kappa shape index (κ1) is 11.7. The van der Waals surface area contributed by atoms with Crippen LogP contribution in [0, 0.1) is 13.8 Å². The minimum atomic E-state index is -0.0911. The number of nitrogens with one attached hydrogen (secondary N) is 1. The number of aryl methyl sites for hydroxylation is 2. The number of hydrogen-bond acceptors (Lipinski definition) is 4. The molecule has 0 unspecified atom stereocenters. The smallest absolute Gasteiger partial charge is 0.251 e. The molecule has 1 N–H and O–H groups in total. The molecule has 5 heteroatoms. The fourth-order valence-corrected chi connectivity index (χ4v) is 2.12. The van der Waals surface area contributed by atoms with Gasteiger partial charge in [-0.15, -0.1) is 11.3 Å². The predicted octanol–water partition coefficient (Wildman–Crippen LogP) is 2.08. The van der Waals surface area contributed by atoms with Gasteiger partial charge in [-0.1, -0.05) is 0 Å². The molecule has 0 radical (unpaired) electrons. The number of carbonyl (C=O) groups excluding carboxylic acids is 1. The van der Waals surface area contributed by atoms with E-state index in [2.05, 4.69) is 15.3 Å². The zero-order valence-corrected chi connectivity index (χ0v) is 10.5. The van der Waals surface area contributed by atoms with E-state index in [1.54, 1.807) is 17.6 Å². The normalized spacial score (nSPS) is 10.2. The fourth-order valence-electron chi connectivity index (χ4n) is 1.56. The largest absolute Gasteiger partial charge is 0.346 e. The summed E-state index contributed by atoms with van der Waals surface area (Å²) in [5.41, 5.74) is 4.98. The SMILES string of the molecule is Cc1cc(C(=O)NCc2cscn2)cc(C)n1. The van der Waals surface area contributed by atoms with Gasteiger partial charge in [0, 0.05) is 22.3 Å². The summed E-state index contributed by atoms with van der Waals surface area (Å²) >= 11 is 1.52. The van der Waals surface area contributed by atoms with Gasteiger partial charge in [-0.05, 0) is 26.0 Å². The third kappa shape index (κ3) is 3.10. The van der Waals surface area contributed by atoms with Crippen molar-refractivity contribution in [2.45, 2.75) is 20.4 Å². The predicted molar refractivity (Wildman–Crippen MR) is 67.0 cm³/mol. The molecule has 2 aromatic rings. The average Bonchev–Trinajstić information content (AvgIpc) is 2.77. The summed E-state index contributed by atoms with van der Waals surface area (Å²) in [4.78, 5) is 20.2. The van der Waals surface area contributed by atoms with Crippen molar-refractivity contribution < 1.29 is 4.79 Å². The highest BCUT2D eigenvalue weighted by molar-refractivity contribution is 7.07. The van der Waals surface area contributed by atoms with E-state index >= 15 is 0 Å². The lowest BCUT2D eigenvalue weighted by Crippen LogP contribution is -2.23. The van der Waals surface area contributed by atoms with E-state index < -0.39 is 0 Å². The number of nitrogens with zero attached hydrogens (tertiary/aromatic N) is 2. The number of aromatic nitrogens is 2. The monoisotopic (exact) mass is 247 g/mol. The van der Waals surface area contributed by atoms with Crippen LogP contribution in [0.3, 0.4) is 0 Å². The van der Waals surface area contributed by atoms with Gasteiger partial charge in [-0.3, -0.25) is 9.78 Å². The Bertz CT molecular complexity index is 502. The van der Waals surface area contributed by atoms with E-state index in [1.807, 2.05) is 19.2 Å². The molecule has 4 nitrogen and oxygen atoms in total. The Balaban J connectivity index is 2.04. The van der Waals surface area contributed by atoms with E-state index in [0.29, 0.717) is 12.1 Å². The van der Waals surface area contributed by atoms with E-state index in [0.717, 1.165) is 17.1 Å². The molecule has 0 aliphatic carbocycles. The van der Waals surface area contributed by atoms with Crippen LogP contribution in [0.4, 0.5) is 0 Å². The number of hydrogen-bond donors (Lipinski definition) is 1. The Hall–Kier alpha value is -1.75. The standard InChI is InChI=1S/C12H13N3OS/c1-8-3-10(4-9(2)15-8)12(16)13-5-11-6-17-7-14-11/h3-4,6-7H,5H2,1-2H3,(H,13,16). The highest BCUT2D eigenvalue weighted by atomic mass is 32.1. The van der Waals surface area contributed by atoms with E-state index in [1.165, 1.54) is 11.3 Å². The van der Waals surface area contributed by atoms with Gasteiger partial charge >= 0.3 is 0 Å². The summed E-state index contributed by atoms with van der Waals surface area (Å²) in [7, 11) is 0. The van der Waals surface area contributed by atoms with Crippen LogP contribution in [0.5, 0.6) is 0 Å². The molecule has 0 aliphatic rings. The van der Waals surface area contributed by atoms with Crippen LogP contribution in [0.15, 0.2) is 23.0 Å². The minimum absolute atomic E-state index is 0.0911. The third-order valence-corrected chi connectivity index (χ3v) is 2.89. The van der Waals surface area contributed by atoms with Gasteiger partial charge in [-0.2, -0.15) is 0 Å². The molecule has 1 amide bonds. The van der Waals surface area contributed by atoms with E-state index in [4.69, 9.17) is 0 Å². The number of rotatable bonds is 3. The Kier molecular flexibility index (Phi) is 3.49. The molecule has 88 valence electrons. The third-order valence-electron chi connectivity index (χ3n) is 2.26. The van der Waals surface area contributed by atoms with Crippen LogP contribution >= 0.6 is 11.3 Å². The second kappa shape index (κ2) is 5.05.